The summed E-state index contributed by atoms with van der Waals surface area (Å²) in [6, 6.07) is 21.3. The van der Waals surface area contributed by atoms with Gasteiger partial charge < -0.3 is 10.1 Å². The van der Waals surface area contributed by atoms with Crippen LogP contribution in [-0.2, 0) is 4.79 Å². The Morgan fingerprint density at radius 1 is 1.03 bits per heavy atom. The lowest BCUT2D eigenvalue weighted by Crippen LogP contribution is -1.97. The first-order valence-corrected chi connectivity index (χ1v) is 12.1. The number of aryl methyl sites for hydroxylation is 2. The fourth-order valence-electron chi connectivity index (χ4n) is 4.05. The van der Waals surface area contributed by atoms with Gasteiger partial charge in [-0.25, -0.2) is 9.78 Å². The molecule has 5 aromatic rings. The lowest BCUT2D eigenvalue weighted by Gasteiger charge is -2.04. The summed E-state index contributed by atoms with van der Waals surface area (Å²) in [5, 5.41) is 19.1. The maximum absolute atomic E-state index is 12.3. The predicted octanol–water partition coefficient (Wildman–Crippen LogP) is 7.11. The summed E-state index contributed by atoms with van der Waals surface area (Å²) < 4.78 is 0. The minimum Gasteiger partial charge on any atom is -0.477 e. The van der Waals surface area contributed by atoms with Crippen LogP contribution in [-0.4, -0.2) is 31.2 Å². The molecule has 8 heteroatoms. The average molecular weight is 501 g/mol. The van der Waals surface area contributed by atoms with Gasteiger partial charge in [0.1, 0.15) is 4.91 Å². The Bertz CT molecular complexity index is 1570. The summed E-state index contributed by atoms with van der Waals surface area (Å²) in [5.41, 5.74) is 6.66. The Labute approximate surface area is 211 Å². The van der Waals surface area contributed by atoms with Gasteiger partial charge in [-0.15, -0.1) is 5.10 Å². The SMILES string of the molecule is Cc1cc(C)c2[nH]c(-c3ccccc3)c(/C=C(\Sc3n[nH]c(-c4ccc(Cl)cc4)n3)C(=O)O)c2c1. The number of hydrogen-bond donors (Lipinski definition) is 3. The summed E-state index contributed by atoms with van der Waals surface area (Å²) in [5.74, 6) is -0.511. The van der Waals surface area contributed by atoms with Crippen molar-refractivity contribution >= 4 is 46.3 Å². The molecule has 2 heterocycles. The maximum Gasteiger partial charge on any atom is 0.342 e. The number of carbonyl (C=O) groups is 1. The van der Waals surface area contributed by atoms with Gasteiger partial charge in [-0.2, -0.15) is 0 Å². The van der Waals surface area contributed by atoms with Gasteiger partial charge in [0.15, 0.2) is 5.82 Å². The zero-order valence-electron chi connectivity index (χ0n) is 19.0. The number of nitrogens with zero attached hydrogens (tertiary/aromatic N) is 2. The molecule has 2 aromatic heterocycles. The highest BCUT2D eigenvalue weighted by Crippen LogP contribution is 2.36. The number of halogens is 1. The minimum atomic E-state index is -1.05. The van der Waals surface area contributed by atoms with E-state index < -0.39 is 5.97 Å². The van der Waals surface area contributed by atoms with Gasteiger partial charge in [0.05, 0.1) is 5.69 Å². The van der Waals surface area contributed by atoms with Crippen LogP contribution in [0.3, 0.4) is 0 Å². The van der Waals surface area contributed by atoms with Gasteiger partial charge in [0.25, 0.3) is 0 Å². The second-order valence-corrected chi connectivity index (χ2v) is 9.62. The van der Waals surface area contributed by atoms with Crippen molar-refractivity contribution in [2.75, 3.05) is 0 Å². The molecule has 0 unspecified atom stereocenters. The number of rotatable bonds is 6. The number of hydrogen-bond acceptors (Lipinski definition) is 4. The predicted molar refractivity (Wildman–Crippen MR) is 142 cm³/mol. The standard InChI is InChI=1S/C27H21ClN4O2S/c1-15-12-16(2)23-20(13-15)21(24(29-23)17-6-4-3-5-7-17)14-22(26(33)34)35-27-30-25(31-32-27)18-8-10-19(28)11-9-18/h3-14,29H,1-2H3,(H,33,34)(H,30,31,32)/b22-14-. The van der Waals surface area contributed by atoms with Gasteiger partial charge in [0.2, 0.25) is 5.16 Å². The lowest BCUT2D eigenvalue weighted by molar-refractivity contribution is -0.131. The van der Waals surface area contributed by atoms with Gasteiger partial charge in [-0.05, 0) is 73.1 Å². The highest BCUT2D eigenvalue weighted by molar-refractivity contribution is 8.04. The van der Waals surface area contributed by atoms with Crippen LogP contribution in [0.15, 0.2) is 76.8 Å². The second-order valence-electron chi connectivity index (χ2n) is 8.17. The molecule has 5 rings (SSSR count). The van der Waals surface area contributed by atoms with Crippen molar-refractivity contribution in [3.05, 3.63) is 93.3 Å². The molecule has 0 aliphatic carbocycles. The van der Waals surface area contributed by atoms with E-state index in [1.807, 2.05) is 56.3 Å². The molecule has 0 radical (unpaired) electrons. The molecule has 3 N–H and O–H groups in total. The smallest absolute Gasteiger partial charge is 0.342 e. The number of nitrogens with one attached hydrogen (secondary N) is 2. The molecule has 0 spiro atoms. The third-order valence-electron chi connectivity index (χ3n) is 5.62. The lowest BCUT2D eigenvalue weighted by atomic mass is 10.0. The second kappa shape index (κ2) is 9.44. The maximum atomic E-state index is 12.3. The molecule has 0 aliphatic heterocycles. The van der Waals surface area contributed by atoms with Crippen molar-refractivity contribution in [2.45, 2.75) is 19.0 Å². The van der Waals surface area contributed by atoms with Gasteiger partial charge >= 0.3 is 5.97 Å². The number of carboxylic acids is 1. The number of aromatic amines is 2. The van der Waals surface area contributed by atoms with E-state index in [0.717, 1.165) is 56.2 Å². The number of benzene rings is 3. The molecular formula is C27H21ClN4O2S. The number of aliphatic carboxylic acids is 1. The molecule has 0 saturated heterocycles. The van der Waals surface area contributed by atoms with Crippen LogP contribution in [0.5, 0.6) is 0 Å². The molecule has 0 saturated carbocycles. The molecule has 35 heavy (non-hydrogen) atoms. The van der Waals surface area contributed by atoms with Crippen LogP contribution in [0, 0.1) is 13.8 Å². The number of H-pyrrole nitrogens is 2. The Balaban J connectivity index is 1.59. The molecule has 0 aliphatic rings. The van der Waals surface area contributed by atoms with Crippen molar-refractivity contribution < 1.29 is 9.90 Å². The first-order valence-electron chi connectivity index (χ1n) is 10.9. The van der Waals surface area contributed by atoms with Crippen molar-refractivity contribution in [3.63, 3.8) is 0 Å². The van der Waals surface area contributed by atoms with E-state index in [1.165, 1.54) is 0 Å². The third kappa shape index (κ3) is 4.73. The van der Waals surface area contributed by atoms with E-state index in [2.05, 4.69) is 32.3 Å². The third-order valence-corrected chi connectivity index (χ3v) is 6.75. The van der Waals surface area contributed by atoms with Crippen LogP contribution in [0.25, 0.3) is 39.6 Å². The zero-order valence-corrected chi connectivity index (χ0v) is 20.5. The van der Waals surface area contributed by atoms with Crippen LogP contribution >= 0.6 is 23.4 Å². The van der Waals surface area contributed by atoms with Crippen molar-refractivity contribution in [3.8, 4) is 22.6 Å². The van der Waals surface area contributed by atoms with E-state index in [9.17, 15) is 9.90 Å². The van der Waals surface area contributed by atoms with Crippen LogP contribution in [0.2, 0.25) is 5.02 Å². The van der Waals surface area contributed by atoms with E-state index >= 15 is 0 Å². The summed E-state index contributed by atoms with van der Waals surface area (Å²) >= 11 is 6.97. The van der Waals surface area contributed by atoms with Crippen molar-refractivity contribution in [2.24, 2.45) is 0 Å². The van der Waals surface area contributed by atoms with E-state index in [4.69, 9.17) is 11.6 Å². The molecule has 0 atom stereocenters. The summed E-state index contributed by atoms with van der Waals surface area (Å²) in [6.07, 6.45) is 1.70. The first kappa shape index (κ1) is 23.0. The highest BCUT2D eigenvalue weighted by Gasteiger charge is 2.19. The Hall–Kier alpha value is -3.81. The normalized spacial score (nSPS) is 11.8. The highest BCUT2D eigenvalue weighted by atomic mass is 35.5. The molecule has 0 bridgehead atoms. The van der Waals surface area contributed by atoms with E-state index in [-0.39, 0.29) is 4.91 Å². The fraction of sp³-hybridized carbons (Fsp3) is 0.0741. The van der Waals surface area contributed by atoms with Crippen LogP contribution in [0.1, 0.15) is 16.7 Å². The Morgan fingerprint density at radius 3 is 2.49 bits per heavy atom. The summed E-state index contributed by atoms with van der Waals surface area (Å²) in [7, 11) is 0. The topological polar surface area (TPSA) is 94.7 Å². The molecular weight excluding hydrogens is 480 g/mol. The molecule has 3 aromatic carbocycles. The van der Waals surface area contributed by atoms with Gasteiger partial charge in [-0.3, -0.25) is 5.10 Å². The van der Waals surface area contributed by atoms with E-state index in [0.29, 0.717) is 16.0 Å². The van der Waals surface area contributed by atoms with Gasteiger partial charge in [-0.1, -0.05) is 53.6 Å². The summed E-state index contributed by atoms with van der Waals surface area (Å²) in [6.45, 7) is 4.08. The monoisotopic (exact) mass is 500 g/mol. The number of aromatic nitrogens is 4. The fourth-order valence-corrected chi connectivity index (χ4v) is 4.86. The number of thioether (sulfide) groups is 1. The molecule has 174 valence electrons. The average Bonchev–Trinajstić information content (AvgIpc) is 3.45. The Kier molecular flexibility index (Phi) is 6.19. The number of fused-ring (bicyclic) bond motifs is 1. The first-order chi connectivity index (χ1) is 16.9. The molecule has 0 fully saturated rings. The minimum absolute atomic E-state index is 0.115. The largest absolute Gasteiger partial charge is 0.477 e. The molecule has 6 nitrogen and oxygen atoms in total. The van der Waals surface area contributed by atoms with E-state index in [1.54, 1.807) is 18.2 Å². The van der Waals surface area contributed by atoms with Crippen LogP contribution in [0.4, 0.5) is 0 Å². The zero-order chi connectivity index (χ0) is 24.5. The van der Waals surface area contributed by atoms with Crippen molar-refractivity contribution in [1.82, 2.24) is 20.2 Å². The van der Waals surface area contributed by atoms with Gasteiger partial charge in [0, 0.05) is 27.1 Å². The Morgan fingerprint density at radius 2 is 1.77 bits per heavy atom. The molecule has 0 amide bonds. The van der Waals surface area contributed by atoms with Crippen LogP contribution < -0.4 is 0 Å². The number of carboxylic acid groups (broad SMARTS) is 1. The van der Waals surface area contributed by atoms with Crippen molar-refractivity contribution in [1.29, 1.82) is 0 Å². The quantitative estimate of drug-likeness (QED) is 0.170. The summed E-state index contributed by atoms with van der Waals surface area (Å²) in [4.78, 5) is 20.4.